The molecular formula is C20H19ClN4O3. The van der Waals surface area contributed by atoms with Crippen molar-refractivity contribution in [2.75, 3.05) is 24.9 Å². The molecule has 0 bridgehead atoms. The molecular weight excluding hydrogens is 380 g/mol. The smallest absolute Gasteiger partial charge is 0.274 e. The number of halogens is 1. The first-order valence-corrected chi connectivity index (χ1v) is 8.80. The molecule has 0 saturated heterocycles. The minimum absolute atomic E-state index is 0.267. The Bertz CT molecular complexity index is 950. The maximum absolute atomic E-state index is 12.5. The SMILES string of the molecule is COc1cc(NC(=O)c2ccc(NCc3cccnc3)cn2)c(OC)cc1Cl. The van der Waals surface area contributed by atoms with E-state index in [1.165, 1.54) is 14.2 Å². The molecule has 1 amide bonds. The second-order valence-electron chi connectivity index (χ2n) is 5.79. The molecule has 28 heavy (non-hydrogen) atoms. The van der Waals surface area contributed by atoms with E-state index in [9.17, 15) is 4.79 Å². The van der Waals surface area contributed by atoms with Gasteiger partial charge in [-0.15, -0.1) is 0 Å². The summed E-state index contributed by atoms with van der Waals surface area (Å²) in [4.78, 5) is 20.8. The Morgan fingerprint density at radius 3 is 2.57 bits per heavy atom. The van der Waals surface area contributed by atoms with Crippen molar-refractivity contribution in [2.45, 2.75) is 6.54 Å². The first-order chi connectivity index (χ1) is 13.6. The van der Waals surface area contributed by atoms with Crippen LogP contribution in [0.5, 0.6) is 11.5 Å². The Balaban J connectivity index is 1.68. The highest BCUT2D eigenvalue weighted by atomic mass is 35.5. The van der Waals surface area contributed by atoms with Crippen molar-refractivity contribution in [2.24, 2.45) is 0 Å². The molecule has 0 aliphatic heterocycles. The van der Waals surface area contributed by atoms with Crippen LogP contribution in [0, 0.1) is 0 Å². The average molecular weight is 399 g/mol. The Hall–Kier alpha value is -3.32. The molecule has 0 radical (unpaired) electrons. The third kappa shape index (κ3) is 4.69. The summed E-state index contributed by atoms with van der Waals surface area (Å²) in [5, 5.41) is 6.38. The molecule has 8 heteroatoms. The van der Waals surface area contributed by atoms with E-state index in [1.807, 2.05) is 12.1 Å². The van der Waals surface area contributed by atoms with Gasteiger partial charge in [-0.1, -0.05) is 17.7 Å². The molecule has 0 aliphatic rings. The van der Waals surface area contributed by atoms with E-state index in [-0.39, 0.29) is 11.6 Å². The maximum Gasteiger partial charge on any atom is 0.274 e. The summed E-state index contributed by atoms with van der Waals surface area (Å²) in [5.74, 6) is 0.482. The molecule has 0 unspecified atom stereocenters. The molecule has 0 atom stereocenters. The molecule has 0 saturated carbocycles. The molecule has 0 spiro atoms. The lowest BCUT2D eigenvalue weighted by Crippen LogP contribution is -2.14. The highest BCUT2D eigenvalue weighted by molar-refractivity contribution is 6.32. The number of amides is 1. The van der Waals surface area contributed by atoms with Gasteiger partial charge in [0.25, 0.3) is 5.91 Å². The van der Waals surface area contributed by atoms with Gasteiger partial charge >= 0.3 is 0 Å². The molecule has 3 rings (SSSR count). The average Bonchev–Trinajstić information content (AvgIpc) is 2.74. The Morgan fingerprint density at radius 2 is 1.93 bits per heavy atom. The van der Waals surface area contributed by atoms with Gasteiger partial charge in [-0.05, 0) is 23.8 Å². The topological polar surface area (TPSA) is 85.4 Å². The Kier molecular flexibility index (Phi) is 6.29. The predicted octanol–water partition coefficient (Wildman–Crippen LogP) is 4.01. The molecule has 2 N–H and O–H groups in total. The van der Waals surface area contributed by atoms with E-state index < -0.39 is 0 Å². The van der Waals surface area contributed by atoms with Crippen LogP contribution in [0.4, 0.5) is 11.4 Å². The first-order valence-electron chi connectivity index (χ1n) is 8.42. The molecule has 2 aromatic heterocycles. The van der Waals surface area contributed by atoms with Gasteiger partial charge in [-0.25, -0.2) is 4.98 Å². The van der Waals surface area contributed by atoms with Crippen molar-refractivity contribution in [3.8, 4) is 11.5 Å². The van der Waals surface area contributed by atoms with Crippen molar-refractivity contribution < 1.29 is 14.3 Å². The molecule has 7 nitrogen and oxygen atoms in total. The third-order valence-corrected chi connectivity index (χ3v) is 4.23. The second-order valence-corrected chi connectivity index (χ2v) is 6.20. The van der Waals surface area contributed by atoms with Crippen molar-refractivity contribution in [3.05, 3.63) is 71.3 Å². The van der Waals surface area contributed by atoms with Gasteiger partial charge in [-0.2, -0.15) is 0 Å². The highest BCUT2D eigenvalue weighted by Crippen LogP contribution is 2.36. The van der Waals surface area contributed by atoms with Crippen molar-refractivity contribution in [3.63, 3.8) is 0 Å². The van der Waals surface area contributed by atoms with E-state index in [0.717, 1.165) is 11.3 Å². The van der Waals surface area contributed by atoms with Crippen LogP contribution in [0.2, 0.25) is 5.02 Å². The monoisotopic (exact) mass is 398 g/mol. The molecule has 1 aromatic carbocycles. The molecule has 144 valence electrons. The summed E-state index contributed by atoms with van der Waals surface area (Å²) in [6.07, 6.45) is 5.12. The number of benzene rings is 1. The maximum atomic E-state index is 12.5. The summed E-state index contributed by atoms with van der Waals surface area (Å²) in [5.41, 5.74) is 2.55. The molecule has 3 aromatic rings. The lowest BCUT2D eigenvalue weighted by atomic mass is 10.2. The summed E-state index contributed by atoms with van der Waals surface area (Å²) in [6.45, 7) is 0.614. The van der Waals surface area contributed by atoms with Crippen LogP contribution in [0.3, 0.4) is 0 Å². The zero-order chi connectivity index (χ0) is 19.9. The largest absolute Gasteiger partial charge is 0.495 e. The molecule has 0 fully saturated rings. The van der Waals surface area contributed by atoms with Gasteiger partial charge in [0.15, 0.2) is 0 Å². The Morgan fingerprint density at radius 1 is 1.11 bits per heavy atom. The van der Waals surface area contributed by atoms with Gasteiger partial charge in [0.05, 0.1) is 36.8 Å². The van der Waals surface area contributed by atoms with Crippen LogP contribution >= 0.6 is 11.6 Å². The number of carbonyl (C=O) groups is 1. The third-order valence-electron chi connectivity index (χ3n) is 3.94. The lowest BCUT2D eigenvalue weighted by Gasteiger charge is -2.13. The van der Waals surface area contributed by atoms with E-state index in [2.05, 4.69) is 20.6 Å². The highest BCUT2D eigenvalue weighted by Gasteiger charge is 2.14. The summed E-state index contributed by atoms with van der Waals surface area (Å²) in [6, 6.07) is 10.5. The van der Waals surface area contributed by atoms with Gasteiger partial charge in [0.2, 0.25) is 0 Å². The van der Waals surface area contributed by atoms with Crippen LogP contribution in [0.15, 0.2) is 55.0 Å². The van der Waals surface area contributed by atoms with Crippen LogP contribution in [-0.4, -0.2) is 30.1 Å². The fraction of sp³-hybridized carbons (Fsp3) is 0.150. The fourth-order valence-electron chi connectivity index (χ4n) is 2.48. The van der Waals surface area contributed by atoms with Gasteiger partial charge in [0, 0.05) is 31.1 Å². The van der Waals surface area contributed by atoms with Crippen molar-refractivity contribution in [1.82, 2.24) is 9.97 Å². The van der Waals surface area contributed by atoms with Crippen LogP contribution in [0.25, 0.3) is 0 Å². The summed E-state index contributed by atoms with van der Waals surface area (Å²) in [7, 11) is 2.99. The van der Waals surface area contributed by atoms with E-state index >= 15 is 0 Å². The van der Waals surface area contributed by atoms with E-state index in [1.54, 1.807) is 42.9 Å². The fourth-order valence-corrected chi connectivity index (χ4v) is 2.71. The number of hydrogen-bond acceptors (Lipinski definition) is 6. The van der Waals surface area contributed by atoms with Gasteiger partial charge < -0.3 is 20.1 Å². The number of aromatic nitrogens is 2. The number of methoxy groups -OCH3 is 2. The number of ether oxygens (including phenoxy) is 2. The van der Waals surface area contributed by atoms with Crippen molar-refractivity contribution >= 4 is 28.9 Å². The number of anilines is 2. The van der Waals surface area contributed by atoms with E-state index in [0.29, 0.717) is 28.8 Å². The summed E-state index contributed by atoms with van der Waals surface area (Å²) < 4.78 is 10.4. The summed E-state index contributed by atoms with van der Waals surface area (Å²) >= 11 is 6.08. The van der Waals surface area contributed by atoms with Gasteiger partial charge in [0.1, 0.15) is 17.2 Å². The number of rotatable bonds is 7. The number of nitrogens with zero attached hydrogens (tertiary/aromatic N) is 2. The number of hydrogen-bond donors (Lipinski definition) is 2. The zero-order valence-electron chi connectivity index (χ0n) is 15.4. The van der Waals surface area contributed by atoms with Crippen LogP contribution in [-0.2, 0) is 6.54 Å². The van der Waals surface area contributed by atoms with Crippen molar-refractivity contribution in [1.29, 1.82) is 0 Å². The number of nitrogens with one attached hydrogen (secondary N) is 2. The van der Waals surface area contributed by atoms with Crippen LogP contribution in [0.1, 0.15) is 16.1 Å². The van der Waals surface area contributed by atoms with E-state index in [4.69, 9.17) is 21.1 Å². The first kappa shape index (κ1) is 19.4. The van der Waals surface area contributed by atoms with Gasteiger partial charge in [-0.3, -0.25) is 9.78 Å². The molecule has 0 aliphatic carbocycles. The number of pyridine rings is 2. The minimum atomic E-state index is -0.374. The predicted molar refractivity (Wildman–Crippen MR) is 108 cm³/mol. The zero-order valence-corrected chi connectivity index (χ0v) is 16.2. The van der Waals surface area contributed by atoms with Crippen LogP contribution < -0.4 is 20.1 Å². The quantitative estimate of drug-likeness (QED) is 0.625. The normalized spacial score (nSPS) is 10.2. The molecule has 2 heterocycles. The number of carbonyl (C=O) groups excluding carboxylic acids is 1. The minimum Gasteiger partial charge on any atom is -0.495 e. The lowest BCUT2D eigenvalue weighted by molar-refractivity contribution is 0.102. The second kappa shape index (κ2) is 9.05. The standard InChI is InChI=1S/C20H19ClN4O3/c1-27-18-9-17(19(28-2)8-15(18)21)25-20(26)16-6-5-14(12-24-16)23-11-13-4-3-7-22-10-13/h3-10,12,23H,11H2,1-2H3,(H,25,26). The Labute approximate surface area is 167 Å².